The molecule has 0 amide bonds. The molecule has 44 valence electrons. The summed E-state index contributed by atoms with van der Waals surface area (Å²) in [6.45, 7) is 2.00. The molecule has 1 rings (SSSR count). The Morgan fingerprint density at radius 2 is 1.43 bits per heavy atom. The summed E-state index contributed by atoms with van der Waals surface area (Å²) in [6, 6.07) is 0. The van der Waals surface area contributed by atoms with Crippen LogP contribution in [-0.2, 0) is 22.1 Å². The monoisotopic (exact) mass is 139 g/mol. The maximum absolute atomic E-state index is 4.94. The maximum Gasteiger partial charge on any atom is 0.0466 e. The van der Waals surface area contributed by atoms with Crippen molar-refractivity contribution >= 4 is 0 Å². The first-order chi connectivity index (χ1) is 2.50. The SMILES string of the molecule is C1CCOC1.[CH3-].[Cr]. The summed E-state index contributed by atoms with van der Waals surface area (Å²) in [5.41, 5.74) is 0. The fourth-order valence-corrected chi connectivity index (χ4v) is 0.510. The van der Waals surface area contributed by atoms with E-state index < -0.39 is 0 Å². The molecule has 2 heteroatoms. The molecule has 0 unspecified atom stereocenters. The molecule has 1 heterocycles. The molecule has 0 spiro atoms. The van der Waals surface area contributed by atoms with E-state index in [0.29, 0.717) is 0 Å². The first-order valence-corrected chi connectivity index (χ1v) is 2.08. The predicted molar refractivity (Wildman–Crippen MR) is 26.5 cm³/mol. The zero-order valence-corrected chi connectivity index (χ0v) is 5.92. The summed E-state index contributed by atoms with van der Waals surface area (Å²) in [4.78, 5) is 0. The molecule has 1 aliphatic rings. The summed E-state index contributed by atoms with van der Waals surface area (Å²) in [7, 11) is 0. The molecule has 0 aliphatic carbocycles. The molecule has 0 aromatic heterocycles. The maximum atomic E-state index is 4.94. The molecule has 0 bridgehead atoms. The van der Waals surface area contributed by atoms with Crippen LogP contribution in [0.5, 0.6) is 0 Å². The van der Waals surface area contributed by atoms with Gasteiger partial charge in [-0.05, 0) is 12.8 Å². The van der Waals surface area contributed by atoms with Crippen molar-refractivity contribution in [2.75, 3.05) is 13.2 Å². The van der Waals surface area contributed by atoms with E-state index in [0.717, 1.165) is 13.2 Å². The Balaban J connectivity index is 0. The summed E-state index contributed by atoms with van der Waals surface area (Å²) < 4.78 is 4.94. The van der Waals surface area contributed by atoms with Crippen molar-refractivity contribution < 1.29 is 22.1 Å². The molecule has 1 saturated heterocycles. The van der Waals surface area contributed by atoms with Crippen LogP contribution in [-0.4, -0.2) is 13.2 Å². The van der Waals surface area contributed by atoms with Gasteiger partial charge in [0.2, 0.25) is 0 Å². The van der Waals surface area contributed by atoms with Gasteiger partial charge in [-0.3, -0.25) is 0 Å². The summed E-state index contributed by atoms with van der Waals surface area (Å²) in [6.07, 6.45) is 2.56. The van der Waals surface area contributed by atoms with Gasteiger partial charge in [0.25, 0.3) is 0 Å². The van der Waals surface area contributed by atoms with Gasteiger partial charge in [-0.2, -0.15) is 0 Å². The van der Waals surface area contributed by atoms with E-state index in [1.165, 1.54) is 12.8 Å². The average Bonchev–Trinajstić information content (AvgIpc) is 1.76. The van der Waals surface area contributed by atoms with E-state index in [4.69, 9.17) is 4.74 Å². The molecule has 1 aliphatic heterocycles. The quantitative estimate of drug-likeness (QED) is 0.459. The minimum absolute atomic E-state index is 0. The molecule has 0 aromatic rings. The molecule has 0 atom stereocenters. The number of rotatable bonds is 0. The van der Waals surface area contributed by atoms with Crippen LogP contribution in [0.25, 0.3) is 0 Å². The van der Waals surface area contributed by atoms with Crippen molar-refractivity contribution in [3.63, 3.8) is 0 Å². The molecular formula is C5H11CrO-. The third kappa shape index (κ3) is 4.34. The van der Waals surface area contributed by atoms with E-state index in [9.17, 15) is 0 Å². The second kappa shape index (κ2) is 6.49. The van der Waals surface area contributed by atoms with Gasteiger partial charge in [0.05, 0.1) is 0 Å². The van der Waals surface area contributed by atoms with Gasteiger partial charge in [0.15, 0.2) is 0 Å². The van der Waals surface area contributed by atoms with Crippen LogP contribution in [0.1, 0.15) is 12.8 Å². The van der Waals surface area contributed by atoms with Gasteiger partial charge in [0.1, 0.15) is 0 Å². The summed E-state index contributed by atoms with van der Waals surface area (Å²) >= 11 is 0. The first kappa shape index (κ1) is 10.5. The van der Waals surface area contributed by atoms with E-state index in [1.54, 1.807) is 0 Å². The Labute approximate surface area is 56.2 Å². The van der Waals surface area contributed by atoms with E-state index in [2.05, 4.69) is 0 Å². The number of hydrogen-bond acceptors (Lipinski definition) is 1. The molecule has 0 N–H and O–H groups in total. The molecule has 7 heavy (non-hydrogen) atoms. The van der Waals surface area contributed by atoms with Crippen molar-refractivity contribution in [3.8, 4) is 0 Å². The van der Waals surface area contributed by atoms with Crippen LogP contribution in [0, 0.1) is 7.43 Å². The van der Waals surface area contributed by atoms with Gasteiger partial charge in [-0.1, -0.05) is 0 Å². The molecule has 0 saturated carbocycles. The van der Waals surface area contributed by atoms with Gasteiger partial charge in [-0.15, -0.1) is 0 Å². The molecular weight excluding hydrogens is 128 g/mol. The summed E-state index contributed by atoms with van der Waals surface area (Å²) in [5.74, 6) is 0. The second-order valence-electron chi connectivity index (χ2n) is 1.32. The van der Waals surface area contributed by atoms with Gasteiger partial charge >= 0.3 is 0 Å². The van der Waals surface area contributed by atoms with Crippen molar-refractivity contribution in [3.05, 3.63) is 7.43 Å². The fourth-order valence-electron chi connectivity index (χ4n) is 0.510. The zero-order chi connectivity index (χ0) is 3.54. The van der Waals surface area contributed by atoms with Gasteiger partial charge in [-0.25, -0.2) is 0 Å². The van der Waals surface area contributed by atoms with E-state index in [1.807, 2.05) is 0 Å². The average molecular weight is 139 g/mol. The van der Waals surface area contributed by atoms with Crippen molar-refractivity contribution in [2.24, 2.45) is 0 Å². The van der Waals surface area contributed by atoms with Crippen LogP contribution in [0.2, 0.25) is 0 Å². The molecule has 0 aromatic carbocycles. The minimum Gasteiger partial charge on any atom is -0.381 e. The standard InChI is InChI=1S/C4H8O.CH3.Cr/c1-2-4-5-3-1;;/h1-4H2;1H3;/q;-1;. The summed E-state index contributed by atoms with van der Waals surface area (Å²) in [5, 5.41) is 0. The van der Waals surface area contributed by atoms with Crippen molar-refractivity contribution in [1.82, 2.24) is 0 Å². The van der Waals surface area contributed by atoms with Crippen LogP contribution in [0.15, 0.2) is 0 Å². The third-order valence-electron chi connectivity index (χ3n) is 0.827. The smallest absolute Gasteiger partial charge is 0.0466 e. The van der Waals surface area contributed by atoms with Crippen LogP contribution in [0.3, 0.4) is 0 Å². The zero-order valence-electron chi connectivity index (χ0n) is 4.64. The van der Waals surface area contributed by atoms with Crippen molar-refractivity contribution in [1.29, 1.82) is 0 Å². The number of hydrogen-bond donors (Lipinski definition) is 0. The van der Waals surface area contributed by atoms with Gasteiger partial charge in [0, 0.05) is 30.6 Å². The molecule has 0 radical (unpaired) electrons. The molecule has 1 fully saturated rings. The normalized spacial score (nSPS) is 17.1. The van der Waals surface area contributed by atoms with Crippen molar-refractivity contribution in [2.45, 2.75) is 12.8 Å². The minimum atomic E-state index is 0. The first-order valence-electron chi connectivity index (χ1n) is 2.08. The number of ether oxygens (including phenoxy) is 1. The Hall–Kier alpha value is 0.492. The third-order valence-corrected chi connectivity index (χ3v) is 0.827. The van der Waals surface area contributed by atoms with E-state index in [-0.39, 0.29) is 24.8 Å². The van der Waals surface area contributed by atoms with Crippen LogP contribution >= 0.6 is 0 Å². The fraction of sp³-hybridized carbons (Fsp3) is 0.800. The Morgan fingerprint density at radius 1 is 1.00 bits per heavy atom. The Bertz CT molecular complexity index is 19.7. The van der Waals surface area contributed by atoms with E-state index >= 15 is 0 Å². The predicted octanol–water partition coefficient (Wildman–Crippen LogP) is 1.24. The largest absolute Gasteiger partial charge is 0.381 e. The Kier molecular flexibility index (Phi) is 9.71. The second-order valence-corrected chi connectivity index (χ2v) is 1.32. The van der Waals surface area contributed by atoms with Crippen LogP contribution in [0.4, 0.5) is 0 Å². The van der Waals surface area contributed by atoms with Crippen LogP contribution < -0.4 is 0 Å². The molecule has 1 nitrogen and oxygen atoms in total. The van der Waals surface area contributed by atoms with Gasteiger partial charge < -0.3 is 12.2 Å². The topological polar surface area (TPSA) is 9.23 Å². The Morgan fingerprint density at radius 3 is 1.57 bits per heavy atom.